The molecule has 0 aromatic heterocycles. The van der Waals surface area contributed by atoms with E-state index in [0.717, 1.165) is 18.2 Å². The van der Waals surface area contributed by atoms with E-state index in [-0.39, 0.29) is 17.0 Å². The maximum atomic E-state index is 13.1. The molecule has 0 bridgehead atoms. The van der Waals surface area contributed by atoms with E-state index in [9.17, 15) is 27.5 Å². The zero-order chi connectivity index (χ0) is 18.8. The molecule has 0 spiro atoms. The van der Waals surface area contributed by atoms with Gasteiger partial charge >= 0.3 is 5.97 Å². The van der Waals surface area contributed by atoms with Crippen LogP contribution in [0.4, 0.5) is 4.39 Å². The van der Waals surface area contributed by atoms with E-state index in [4.69, 9.17) is 0 Å². The van der Waals surface area contributed by atoms with Gasteiger partial charge < -0.3 is 10.0 Å². The molecule has 1 aliphatic heterocycles. The second-order valence-corrected chi connectivity index (χ2v) is 8.25. The number of hydrogen-bond donors (Lipinski definition) is 2. The number of nitrogens with one attached hydrogen (secondary N) is 1. The number of hydrogen-bond acceptors (Lipinski definition) is 4. The fourth-order valence-corrected chi connectivity index (χ4v) is 4.09. The van der Waals surface area contributed by atoms with Crippen LogP contribution in [0.5, 0.6) is 0 Å². The number of halogens is 1. The molecule has 2 rings (SSSR count). The molecular formula is C16H21FN2O5S. The molecule has 1 saturated heterocycles. The minimum Gasteiger partial charge on any atom is -0.481 e. The Labute approximate surface area is 145 Å². The highest BCUT2D eigenvalue weighted by atomic mass is 32.2. The number of aryl methyl sites for hydroxylation is 1. The summed E-state index contributed by atoms with van der Waals surface area (Å²) in [6.45, 7) is 2.98. The van der Waals surface area contributed by atoms with Gasteiger partial charge in [-0.1, -0.05) is 0 Å². The van der Waals surface area contributed by atoms with E-state index in [1.165, 1.54) is 11.8 Å². The van der Waals surface area contributed by atoms with E-state index < -0.39 is 39.7 Å². The summed E-state index contributed by atoms with van der Waals surface area (Å²) in [6, 6.07) is 3.27. The molecule has 1 unspecified atom stereocenters. The van der Waals surface area contributed by atoms with E-state index in [2.05, 4.69) is 4.72 Å². The Kier molecular flexibility index (Phi) is 5.48. The van der Waals surface area contributed by atoms with E-state index in [1.54, 1.807) is 6.92 Å². The Morgan fingerprint density at radius 1 is 1.40 bits per heavy atom. The van der Waals surface area contributed by atoms with Crippen molar-refractivity contribution in [2.45, 2.75) is 31.6 Å². The lowest BCUT2D eigenvalue weighted by molar-refractivity contribution is -0.153. The van der Waals surface area contributed by atoms with Gasteiger partial charge in [0.2, 0.25) is 15.9 Å². The van der Waals surface area contributed by atoms with Gasteiger partial charge in [0.25, 0.3) is 0 Å². The SMILES string of the molecule is Cc1cc(F)ccc1S(=O)(=O)NCC(=O)N1CCCC(C)(C(=O)O)C1. The van der Waals surface area contributed by atoms with Crippen LogP contribution >= 0.6 is 0 Å². The van der Waals surface area contributed by atoms with E-state index in [0.29, 0.717) is 19.4 Å². The number of carboxylic acids is 1. The molecule has 2 N–H and O–H groups in total. The molecule has 1 aromatic carbocycles. The highest BCUT2D eigenvalue weighted by Gasteiger charge is 2.39. The Hall–Kier alpha value is -2.00. The van der Waals surface area contributed by atoms with Crippen LogP contribution in [0.1, 0.15) is 25.3 Å². The van der Waals surface area contributed by atoms with Crippen molar-refractivity contribution in [2.24, 2.45) is 5.41 Å². The molecule has 0 saturated carbocycles. The van der Waals surface area contributed by atoms with Crippen LogP contribution in [-0.2, 0) is 19.6 Å². The first kappa shape index (κ1) is 19.3. The van der Waals surface area contributed by atoms with Gasteiger partial charge in [-0.05, 0) is 50.5 Å². The molecule has 0 radical (unpaired) electrons. The van der Waals surface area contributed by atoms with Gasteiger partial charge in [-0.3, -0.25) is 9.59 Å². The molecular weight excluding hydrogens is 351 g/mol. The number of nitrogens with zero attached hydrogens (tertiary/aromatic N) is 1. The summed E-state index contributed by atoms with van der Waals surface area (Å²) in [5, 5.41) is 9.28. The lowest BCUT2D eigenvalue weighted by Crippen LogP contribution is -2.50. The van der Waals surface area contributed by atoms with Crippen LogP contribution in [0.15, 0.2) is 23.1 Å². The molecule has 1 fully saturated rings. The Balaban J connectivity index is 2.05. The number of sulfonamides is 1. The number of aliphatic carboxylic acids is 1. The van der Waals surface area contributed by atoms with Crippen LogP contribution < -0.4 is 4.72 Å². The third-order valence-corrected chi connectivity index (χ3v) is 5.97. The fraction of sp³-hybridized carbons (Fsp3) is 0.500. The molecule has 7 nitrogen and oxygen atoms in total. The van der Waals surface area contributed by atoms with Crippen molar-refractivity contribution in [3.05, 3.63) is 29.6 Å². The highest BCUT2D eigenvalue weighted by Crippen LogP contribution is 2.29. The predicted octanol–water partition coefficient (Wildman–Crippen LogP) is 1.13. The number of benzene rings is 1. The van der Waals surface area contributed by atoms with Crippen LogP contribution in [0.3, 0.4) is 0 Å². The second kappa shape index (κ2) is 7.09. The Bertz CT molecular complexity index is 796. The summed E-state index contributed by atoms with van der Waals surface area (Å²) in [4.78, 5) is 24.9. The topological polar surface area (TPSA) is 104 Å². The predicted molar refractivity (Wildman–Crippen MR) is 87.9 cm³/mol. The summed E-state index contributed by atoms with van der Waals surface area (Å²) < 4.78 is 39.9. The van der Waals surface area contributed by atoms with Gasteiger partial charge in [0.05, 0.1) is 16.9 Å². The van der Waals surface area contributed by atoms with Gasteiger partial charge in [-0.25, -0.2) is 17.5 Å². The largest absolute Gasteiger partial charge is 0.481 e. The van der Waals surface area contributed by atoms with Crippen molar-refractivity contribution in [1.82, 2.24) is 9.62 Å². The molecule has 0 aliphatic carbocycles. The van der Waals surface area contributed by atoms with Gasteiger partial charge in [0.15, 0.2) is 0 Å². The Morgan fingerprint density at radius 3 is 2.68 bits per heavy atom. The number of carbonyl (C=O) groups excluding carboxylic acids is 1. The molecule has 1 amide bonds. The number of likely N-dealkylation sites (tertiary alicyclic amines) is 1. The number of carboxylic acid groups (broad SMARTS) is 1. The van der Waals surface area contributed by atoms with E-state index in [1.807, 2.05) is 0 Å². The standard InChI is InChI=1S/C16H21FN2O5S/c1-11-8-12(17)4-5-13(11)25(23,24)18-9-14(20)19-7-3-6-16(2,10-19)15(21)22/h4-5,8,18H,3,6-7,9-10H2,1-2H3,(H,21,22). The zero-order valence-electron chi connectivity index (χ0n) is 14.1. The summed E-state index contributed by atoms with van der Waals surface area (Å²) in [7, 11) is -3.97. The summed E-state index contributed by atoms with van der Waals surface area (Å²) >= 11 is 0. The molecule has 9 heteroatoms. The van der Waals surface area contributed by atoms with Gasteiger partial charge in [0.1, 0.15) is 5.82 Å². The van der Waals surface area contributed by atoms with Crippen molar-refractivity contribution < 1.29 is 27.5 Å². The summed E-state index contributed by atoms with van der Waals surface area (Å²) in [5.41, 5.74) is -0.795. The van der Waals surface area contributed by atoms with Crippen molar-refractivity contribution in [2.75, 3.05) is 19.6 Å². The first-order valence-electron chi connectivity index (χ1n) is 7.82. The minimum atomic E-state index is -3.97. The second-order valence-electron chi connectivity index (χ2n) is 6.52. The maximum absolute atomic E-state index is 13.1. The van der Waals surface area contributed by atoms with Crippen LogP contribution in [-0.4, -0.2) is 49.9 Å². The highest BCUT2D eigenvalue weighted by molar-refractivity contribution is 7.89. The molecule has 1 heterocycles. The van der Waals surface area contributed by atoms with Crippen molar-refractivity contribution >= 4 is 21.9 Å². The summed E-state index contributed by atoms with van der Waals surface area (Å²) in [5.74, 6) is -2.02. The first-order valence-corrected chi connectivity index (χ1v) is 9.30. The first-order chi connectivity index (χ1) is 11.5. The fourth-order valence-electron chi connectivity index (χ4n) is 2.89. The summed E-state index contributed by atoms with van der Waals surface area (Å²) in [6.07, 6.45) is 1.00. The van der Waals surface area contributed by atoms with Gasteiger partial charge in [-0.15, -0.1) is 0 Å². The molecule has 1 aliphatic rings. The number of rotatable bonds is 5. The van der Waals surface area contributed by atoms with Crippen molar-refractivity contribution in [3.8, 4) is 0 Å². The average molecular weight is 372 g/mol. The normalized spacial score (nSPS) is 21.2. The maximum Gasteiger partial charge on any atom is 0.311 e. The smallest absolute Gasteiger partial charge is 0.311 e. The van der Waals surface area contributed by atoms with Gasteiger partial charge in [0, 0.05) is 13.1 Å². The lowest BCUT2D eigenvalue weighted by Gasteiger charge is -2.37. The number of carbonyl (C=O) groups is 2. The van der Waals surface area contributed by atoms with Crippen molar-refractivity contribution in [1.29, 1.82) is 0 Å². The Morgan fingerprint density at radius 2 is 2.08 bits per heavy atom. The number of amides is 1. The van der Waals surface area contributed by atoms with Crippen LogP contribution in [0.2, 0.25) is 0 Å². The zero-order valence-corrected chi connectivity index (χ0v) is 14.9. The lowest BCUT2D eigenvalue weighted by atomic mass is 9.82. The van der Waals surface area contributed by atoms with E-state index >= 15 is 0 Å². The molecule has 138 valence electrons. The van der Waals surface area contributed by atoms with Gasteiger partial charge in [-0.2, -0.15) is 0 Å². The third-order valence-electron chi connectivity index (χ3n) is 4.41. The number of piperidine rings is 1. The molecule has 1 atom stereocenters. The minimum absolute atomic E-state index is 0.0401. The average Bonchev–Trinajstić information content (AvgIpc) is 2.52. The third kappa shape index (κ3) is 4.35. The van der Waals surface area contributed by atoms with Crippen LogP contribution in [0.25, 0.3) is 0 Å². The molecule has 1 aromatic rings. The quantitative estimate of drug-likeness (QED) is 0.806. The van der Waals surface area contributed by atoms with Crippen LogP contribution in [0, 0.1) is 18.2 Å². The van der Waals surface area contributed by atoms with Crippen molar-refractivity contribution in [3.63, 3.8) is 0 Å². The monoisotopic (exact) mass is 372 g/mol. The molecule has 25 heavy (non-hydrogen) atoms.